The monoisotopic (exact) mass is 231 g/mol. The number of nitrogens with two attached hydrogens (primary N) is 1. The van der Waals surface area contributed by atoms with Gasteiger partial charge in [0.25, 0.3) is 0 Å². The van der Waals surface area contributed by atoms with E-state index in [1.165, 1.54) is 0 Å². The van der Waals surface area contributed by atoms with E-state index in [9.17, 15) is 9.59 Å². The van der Waals surface area contributed by atoms with Crippen molar-refractivity contribution < 1.29 is 14.7 Å². The molecule has 0 aromatic carbocycles. The molecular weight excluding hydrogens is 210 g/mol. The van der Waals surface area contributed by atoms with Crippen molar-refractivity contribution in [2.24, 2.45) is 5.73 Å². The zero-order valence-corrected chi connectivity index (χ0v) is 9.90. The summed E-state index contributed by atoms with van der Waals surface area (Å²) in [6, 6.07) is -0.821. The molecule has 0 saturated heterocycles. The second-order valence-electron chi connectivity index (χ2n) is 3.96. The van der Waals surface area contributed by atoms with E-state index >= 15 is 0 Å². The predicted octanol–water partition coefficient (Wildman–Crippen LogP) is -0.754. The fourth-order valence-corrected chi connectivity index (χ4v) is 1.29. The molecule has 0 aliphatic carbocycles. The van der Waals surface area contributed by atoms with Gasteiger partial charge in [-0.1, -0.05) is 0 Å². The van der Waals surface area contributed by atoms with Crippen molar-refractivity contribution in [1.82, 2.24) is 10.2 Å². The number of aliphatic carboxylic acids is 1. The third kappa shape index (κ3) is 7.19. The highest BCUT2D eigenvalue weighted by Crippen LogP contribution is 2.02. The Labute approximate surface area is 95.8 Å². The van der Waals surface area contributed by atoms with Gasteiger partial charge in [0, 0.05) is 0 Å². The van der Waals surface area contributed by atoms with Crippen molar-refractivity contribution in [3.05, 3.63) is 0 Å². The molecule has 0 aliphatic heterocycles. The maximum Gasteiger partial charge on any atom is 0.326 e. The summed E-state index contributed by atoms with van der Waals surface area (Å²) >= 11 is 0. The number of hydrogen-bond acceptors (Lipinski definition) is 4. The van der Waals surface area contributed by atoms with E-state index in [1.807, 2.05) is 19.0 Å². The molecule has 0 spiro atoms. The molecule has 16 heavy (non-hydrogen) atoms. The van der Waals surface area contributed by atoms with Crippen LogP contribution in [0.3, 0.4) is 0 Å². The Morgan fingerprint density at radius 1 is 1.38 bits per heavy atom. The number of unbranched alkanes of at least 4 members (excludes halogenated alkanes) is 1. The van der Waals surface area contributed by atoms with Gasteiger partial charge in [0.1, 0.15) is 6.04 Å². The summed E-state index contributed by atoms with van der Waals surface area (Å²) in [6.07, 6.45) is 2.12. The minimum absolute atomic E-state index is 0.179. The van der Waals surface area contributed by atoms with Crippen molar-refractivity contribution >= 4 is 11.9 Å². The number of hydrogen-bond donors (Lipinski definition) is 3. The predicted molar refractivity (Wildman–Crippen MR) is 61.0 cm³/mol. The number of nitrogens with one attached hydrogen (secondary N) is 1. The largest absolute Gasteiger partial charge is 0.480 e. The molecule has 0 radical (unpaired) electrons. The maximum atomic E-state index is 11.0. The van der Waals surface area contributed by atoms with Crippen LogP contribution in [0.2, 0.25) is 0 Å². The number of carboxylic acids is 1. The molecule has 1 atom stereocenters. The zero-order chi connectivity index (χ0) is 12.6. The summed E-state index contributed by atoms with van der Waals surface area (Å²) in [4.78, 5) is 23.8. The molecule has 94 valence electrons. The summed E-state index contributed by atoms with van der Waals surface area (Å²) < 4.78 is 0. The van der Waals surface area contributed by atoms with E-state index in [0.29, 0.717) is 6.42 Å². The van der Waals surface area contributed by atoms with Crippen LogP contribution in [0.15, 0.2) is 0 Å². The Kier molecular flexibility index (Phi) is 7.49. The Balaban J connectivity index is 3.86. The highest BCUT2D eigenvalue weighted by Gasteiger charge is 2.18. The minimum Gasteiger partial charge on any atom is -0.480 e. The Morgan fingerprint density at radius 2 is 2.00 bits per heavy atom. The lowest BCUT2D eigenvalue weighted by Crippen LogP contribution is -2.43. The van der Waals surface area contributed by atoms with Crippen molar-refractivity contribution in [3.8, 4) is 0 Å². The van der Waals surface area contributed by atoms with Crippen LogP contribution >= 0.6 is 0 Å². The van der Waals surface area contributed by atoms with Crippen molar-refractivity contribution in [2.45, 2.75) is 25.3 Å². The first kappa shape index (κ1) is 14.9. The number of rotatable bonds is 8. The summed E-state index contributed by atoms with van der Waals surface area (Å²) in [7, 11) is 3.93. The maximum absolute atomic E-state index is 11.0. The van der Waals surface area contributed by atoms with E-state index in [1.54, 1.807) is 0 Å². The molecule has 6 heteroatoms. The van der Waals surface area contributed by atoms with Crippen LogP contribution in [0.5, 0.6) is 0 Å². The smallest absolute Gasteiger partial charge is 0.326 e. The molecule has 6 nitrogen and oxygen atoms in total. The molecule has 0 unspecified atom stereocenters. The average Bonchev–Trinajstić information content (AvgIpc) is 2.21. The second kappa shape index (κ2) is 8.06. The Hall–Kier alpha value is -1.14. The quantitative estimate of drug-likeness (QED) is 0.478. The molecule has 0 saturated carbocycles. The van der Waals surface area contributed by atoms with Gasteiger partial charge >= 0.3 is 5.97 Å². The van der Waals surface area contributed by atoms with Gasteiger partial charge in [-0.25, -0.2) is 4.79 Å². The number of amides is 1. The summed E-state index contributed by atoms with van der Waals surface area (Å²) in [5, 5.41) is 11.2. The molecule has 1 amide bonds. The molecule has 0 aromatic rings. The molecule has 4 N–H and O–H groups in total. The first-order valence-corrected chi connectivity index (χ1v) is 5.34. The lowest BCUT2D eigenvalue weighted by Gasteiger charge is -2.14. The number of carbonyl (C=O) groups excluding carboxylic acids is 1. The van der Waals surface area contributed by atoms with Gasteiger partial charge in [-0.3, -0.25) is 4.79 Å². The molecule has 0 aliphatic rings. The van der Waals surface area contributed by atoms with Gasteiger partial charge in [0.05, 0.1) is 6.54 Å². The van der Waals surface area contributed by atoms with E-state index in [-0.39, 0.29) is 6.54 Å². The molecular formula is C10H21N3O3. The van der Waals surface area contributed by atoms with Gasteiger partial charge in [-0.05, 0) is 39.9 Å². The zero-order valence-electron chi connectivity index (χ0n) is 9.90. The van der Waals surface area contributed by atoms with Crippen molar-refractivity contribution in [1.29, 1.82) is 0 Å². The summed E-state index contributed by atoms with van der Waals surface area (Å²) in [5.74, 6) is -1.44. The highest BCUT2D eigenvalue weighted by molar-refractivity contribution is 5.84. The van der Waals surface area contributed by atoms with Gasteiger partial charge in [0.2, 0.25) is 5.91 Å². The summed E-state index contributed by atoms with van der Waals surface area (Å²) in [6.45, 7) is 0.735. The highest BCUT2D eigenvalue weighted by atomic mass is 16.4. The molecule has 0 fully saturated rings. The molecule has 0 rings (SSSR count). The molecule has 0 bridgehead atoms. The van der Waals surface area contributed by atoms with Gasteiger partial charge in [0.15, 0.2) is 0 Å². The lowest BCUT2D eigenvalue weighted by atomic mass is 10.1. The van der Waals surface area contributed by atoms with E-state index < -0.39 is 17.9 Å². The minimum atomic E-state index is -1.01. The van der Waals surface area contributed by atoms with Crippen molar-refractivity contribution in [3.63, 3.8) is 0 Å². The second-order valence-corrected chi connectivity index (χ2v) is 3.96. The topological polar surface area (TPSA) is 95.7 Å². The first-order valence-electron chi connectivity index (χ1n) is 5.34. The number of carbonyl (C=O) groups is 2. The average molecular weight is 231 g/mol. The van der Waals surface area contributed by atoms with Gasteiger partial charge in [-0.15, -0.1) is 0 Å². The molecule has 0 aromatic heterocycles. The third-order valence-electron chi connectivity index (χ3n) is 2.17. The number of nitrogens with zero attached hydrogens (tertiary/aromatic N) is 1. The van der Waals surface area contributed by atoms with Crippen LogP contribution in [0.25, 0.3) is 0 Å². The van der Waals surface area contributed by atoms with Crippen LogP contribution in [-0.2, 0) is 9.59 Å². The van der Waals surface area contributed by atoms with Crippen molar-refractivity contribution in [2.75, 3.05) is 27.2 Å². The van der Waals surface area contributed by atoms with Crippen LogP contribution in [0.1, 0.15) is 19.3 Å². The van der Waals surface area contributed by atoms with Crippen LogP contribution in [-0.4, -0.2) is 55.1 Å². The molecule has 0 heterocycles. The van der Waals surface area contributed by atoms with E-state index in [0.717, 1.165) is 19.4 Å². The normalized spacial score (nSPS) is 12.5. The summed E-state index contributed by atoms with van der Waals surface area (Å²) in [5.41, 5.74) is 5.10. The van der Waals surface area contributed by atoms with E-state index in [2.05, 4.69) is 5.32 Å². The van der Waals surface area contributed by atoms with E-state index in [4.69, 9.17) is 10.8 Å². The van der Waals surface area contributed by atoms with Crippen LogP contribution in [0, 0.1) is 0 Å². The van der Waals surface area contributed by atoms with Gasteiger partial charge < -0.3 is 21.1 Å². The van der Waals surface area contributed by atoms with Crippen LogP contribution < -0.4 is 11.1 Å². The standard InChI is InChI=1S/C10H21N3O3/c1-13(2)6-4-3-5-8(10(15)16)12-9(14)7-11/h8H,3-7,11H2,1-2H3,(H,12,14)(H,15,16)/t8-/m0/s1. The number of carboxylic acid groups (broad SMARTS) is 1. The third-order valence-corrected chi connectivity index (χ3v) is 2.17. The van der Waals surface area contributed by atoms with Crippen LogP contribution in [0.4, 0.5) is 0 Å². The SMILES string of the molecule is CN(C)CCCC[C@H](NC(=O)CN)C(=O)O. The first-order chi connectivity index (χ1) is 7.47. The lowest BCUT2D eigenvalue weighted by molar-refractivity contribution is -0.141. The fourth-order valence-electron chi connectivity index (χ4n) is 1.29. The fraction of sp³-hybridized carbons (Fsp3) is 0.800. The Morgan fingerprint density at radius 3 is 2.44 bits per heavy atom. The van der Waals surface area contributed by atoms with Gasteiger partial charge in [-0.2, -0.15) is 0 Å². The Bertz CT molecular complexity index is 231.